The molecule has 0 fully saturated rings. The molecule has 0 spiro atoms. The zero-order valence-electron chi connectivity index (χ0n) is 12.1. The summed E-state index contributed by atoms with van der Waals surface area (Å²) >= 11 is 12.0. The number of halogens is 2. The van der Waals surface area contributed by atoms with E-state index in [1.807, 2.05) is 18.2 Å². The number of benzene rings is 2. The van der Waals surface area contributed by atoms with Gasteiger partial charge in [-0.15, -0.1) is 0 Å². The Balaban J connectivity index is 2.08. The number of rotatable bonds is 2. The molecule has 0 aliphatic heterocycles. The van der Waals surface area contributed by atoms with E-state index in [0.717, 1.165) is 5.39 Å². The van der Waals surface area contributed by atoms with Gasteiger partial charge in [0.25, 0.3) is 11.5 Å². The number of nitrogens with one attached hydrogen (secondary N) is 2. The molecule has 0 saturated carbocycles. The molecule has 3 aromatic rings. The first-order chi connectivity index (χ1) is 11.0. The van der Waals surface area contributed by atoms with Crippen LogP contribution in [0.2, 0.25) is 10.0 Å². The molecule has 1 aromatic heterocycles. The summed E-state index contributed by atoms with van der Waals surface area (Å²) < 4.78 is 0. The molecule has 0 aliphatic carbocycles. The highest BCUT2D eigenvalue weighted by molar-refractivity contribution is 6.35. The largest absolute Gasteiger partial charge is 0.321 e. The molecule has 1 amide bonds. The number of H-pyrrole nitrogens is 1. The number of aromatic amines is 1. The van der Waals surface area contributed by atoms with Crippen LogP contribution in [0, 0.1) is 6.92 Å². The highest BCUT2D eigenvalue weighted by Gasteiger charge is 2.17. The van der Waals surface area contributed by atoms with Gasteiger partial charge in [-0.1, -0.05) is 41.4 Å². The van der Waals surface area contributed by atoms with E-state index in [1.165, 1.54) is 6.07 Å². The van der Waals surface area contributed by atoms with Crippen LogP contribution in [0.3, 0.4) is 0 Å². The van der Waals surface area contributed by atoms with Gasteiger partial charge in [-0.3, -0.25) is 9.59 Å². The van der Waals surface area contributed by atoms with Crippen LogP contribution < -0.4 is 10.9 Å². The second-order valence-corrected chi connectivity index (χ2v) is 5.92. The minimum absolute atomic E-state index is 0.0553. The van der Waals surface area contributed by atoms with Crippen molar-refractivity contribution in [2.75, 3.05) is 5.32 Å². The van der Waals surface area contributed by atoms with E-state index < -0.39 is 11.5 Å². The zero-order valence-corrected chi connectivity index (χ0v) is 13.6. The van der Waals surface area contributed by atoms with Crippen molar-refractivity contribution < 1.29 is 4.79 Å². The maximum absolute atomic E-state index is 12.5. The van der Waals surface area contributed by atoms with Crippen LogP contribution in [-0.2, 0) is 0 Å². The van der Waals surface area contributed by atoms with E-state index >= 15 is 0 Å². The van der Waals surface area contributed by atoms with Crippen LogP contribution in [0.25, 0.3) is 10.9 Å². The first-order valence-corrected chi connectivity index (χ1v) is 7.61. The maximum atomic E-state index is 12.5. The van der Waals surface area contributed by atoms with E-state index in [0.29, 0.717) is 26.8 Å². The van der Waals surface area contributed by atoms with Gasteiger partial charge in [0.1, 0.15) is 5.56 Å². The lowest BCUT2D eigenvalue weighted by atomic mass is 10.0. The summed E-state index contributed by atoms with van der Waals surface area (Å²) in [6, 6.07) is 12.0. The first-order valence-electron chi connectivity index (χ1n) is 6.85. The number of hydrogen-bond donors (Lipinski definition) is 2. The topological polar surface area (TPSA) is 62.0 Å². The van der Waals surface area contributed by atoms with Crippen molar-refractivity contribution in [3.05, 3.63) is 74.0 Å². The molecule has 1 heterocycles. The van der Waals surface area contributed by atoms with Crippen LogP contribution in [0.5, 0.6) is 0 Å². The van der Waals surface area contributed by atoms with Gasteiger partial charge < -0.3 is 10.3 Å². The van der Waals surface area contributed by atoms with Gasteiger partial charge in [0.05, 0.1) is 10.7 Å². The molecular formula is C17H12Cl2N2O2. The Kier molecular flexibility index (Phi) is 4.11. The van der Waals surface area contributed by atoms with Crippen LogP contribution in [0.1, 0.15) is 15.9 Å². The van der Waals surface area contributed by atoms with Crippen molar-refractivity contribution in [2.24, 2.45) is 0 Å². The fraction of sp³-hybridized carbons (Fsp3) is 0.0588. The summed E-state index contributed by atoms with van der Waals surface area (Å²) in [7, 11) is 0. The van der Waals surface area contributed by atoms with Gasteiger partial charge >= 0.3 is 0 Å². The van der Waals surface area contributed by atoms with Crippen LogP contribution >= 0.6 is 23.2 Å². The number of aromatic nitrogens is 1. The fourth-order valence-electron chi connectivity index (χ4n) is 2.46. The van der Waals surface area contributed by atoms with Crippen LogP contribution in [0.15, 0.2) is 47.3 Å². The fourth-order valence-corrected chi connectivity index (χ4v) is 2.80. The minimum Gasteiger partial charge on any atom is -0.321 e. The molecule has 2 aromatic carbocycles. The molecule has 0 atom stereocenters. The number of pyridine rings is 1. The molecule has 0 radical (unpaired) electrons. The molecule has 0 aliphatic rings. The number of amides is 1. The summed E-state index contributed by atoms with van der Waals surface area (Å²) in [6.45, 7) is 1.74. The zero-order chi connectivity index (χ0) is 16.6. The summed E-state index contributed by atoms with van der Waals surface area (Å²) in [5, 5.41) is 4.24. The molecule has 3 rings (SSSR count). The number of anilines is 1. The lowest BCUT2D eigenvalue weighted by Crippen LogP contribution is -2.25. The lowest BCUT2D eigenvalue weighted by Gasteiger charge is -2.10. The second kappa shape index (κ2) is 6.07. The minimum atomic E-state index is -0.529. The molecular weight excluding hydrogens is 335 g/mol. The third-order valence-electron chi connectivity index (χ3n) is 3.59. The molecule has 2 N–H and O–H groups in total. The van der Waals surface area contributed by atoms with E-state index in [9.17, 15) is 9.59 Å². The summed E-state index contributed by atoms with van der Waals surface area (Å²) in [4.78, 5) is 27.5. The predicted octanol–water partition coefficient (Wildman–Crippen LogP) is 4.40. The number of para-hydroxylation sites is 1. The van der Waals surface area contributed by atoms with E-state index in [1.54, 1.807) is 25.1 Å². The Morgan fingerprint density at radius 3 is 2.65 bits per heavy atom. The standard InChI is InChI=1S/C17H12Cl2N2O2/c1-9-11-4-2-3-5-13(11)20-16(22)15(9)17(23)21-14-8-10(18)6-7-12(14)19/h2-8H,1H3,(H,20,22)(H,21,23). The molecule has 0 unspecified atom stereocenters. The van der Waals surface area contributed by atoms with Crippen molar-refractivity contribution in [1.82, 2.24) is 4.98 Å². The number of carbonyl (C=O) groups excluding carboxylic acids is 1. The highest BCUT2D eigenvalue weighted by atomic mass is 35.5. The Labute approximate surface area is 142 Å². The smallest absolute Gasteiger partial charge is 0.261 e. The number of aryl methyl sites for hydroxylation is 1. The van der Waals surface area contributed by atoms with Gasteiger partial charge in [0, 0.05) is 15.9 Å². The molecule has 6 heteroatoms. The van der Waals surface area contributed by atoms with Crippen LogP contribution in [-0.4, -0.2) is 10.9 Å². The summed E-state index contributed by atoms with van der Waals surface area (Å²) in [5.41, 5.74) is 1.26. The highest BCUT2D eigenvalue weighted by Crippen LogP contribution is 2.26. The molecule has 0 bridgehead atoms. The Morgan fingerprint density at radius 1 is 1.13 bits per heavy atom. The van der Waals surface area contributed by atoms with Crippen molar-refractivity contribution in [3.8, 4) is 0 Å². The van der Waals surface area contributed by atoms with Crippen LogP contribution in [0.4, 0.5) is 5.69 Å². The monoisotopic (exact) mass is 346 g/mol. The SMILES string of the molecule is Cc1c(C(=O)Nc2cc(Cl)ccc2Cl)c(=O)[nH]c2ccccc12. The molecule has 116 valence electrons. The summed E-state index contributed by atoms with van der Waals surface area (Å²) in [5.74, 6) is -0.529. The molecule has 0 saturated heterocycles. The van der Waals surface area contributed by atoms with Gasteiger partial charge in [-0.05, 0) is 36.8 Å². The normalized spacial score (nSPS) is 10.7. The average molecular weight is 347 g/mol. The Hall–Kier alpha value is -2.30. The van der Waals surface area contributed by atoms with Gasteiger partial charge in [-0.25, -0.2) is 0 Å². The molecule has 4 nitrogen and oxygen atoms in total. The van der Waals surface area contributed by atoms with Gasteiger partial charge in [0.2, 0.25) is 0 Å². The maximum Gasteiger partial charge on any atom is 0.261 e. The van der Waals surface area contributed by atoms with E-state index in [4.69, 9.17) is 23.2 Å². The third kappa shape index (κ3) is 2.96. The number of hydrogen-bond acceptors (Lipinski definition) is 2. The van der Waals surface area contributed by atoms with E-state index in [-0.39, 0.29) is 5.56 Å². The van der Waals surface area contributed by atoms with E-state index in [2.05, 4.69) is 10.3 Å². The Morgan fingerprint density at radius 2 is 1.87 bits per heavy atom. The van der Waals surface area contributed by atoms with Crippen molar-refractivity contribution in [2.45, 2.75) is 6.92 Å². The second-order valence-electron chi connectivity index (χ2n) is 5.08. The van der Waals surface area contributed by atoms with Crippen molar-refractivity contribution in [3.63, 3.8) is 0 Å². The van der Waals surface area contributed by atoms with Crippen molar-refractivity contribution >= 4 is 45.7 Å². The van der Waals surface area contributed by atoms with Crippen molar-refractivity contribution in [1.29, 1.82) is 0 Å². The molecule has 23 heavy (non-hydrogen) atoms. The quantitative estimate of drug-likeness (QED) is 0.722. The summed E-state index contributed by atoms with van der Waals surface area (Å²) in [6.07, 6.45) is 0. The van der Waals surface area contributed by atoms with Gasteiger partial charge in [0.15, 0.2) is 0 Å². The lowest BCUT2D eigenvalue weighted by molar-refractivity contribution is 0.102. The third-order valence-corrected chi connectivity index (χ3v) is 4.15. The number of carbonyl (C=O) groups is 1. The first kappa shape index (κ1) is 15.6. The van der Waals surface area contributed by atoms with Gasteiger partial charge in [-0.2, -0.15) is 0 Å². The Bertz CT molecular complexity index is 980. The predicted molar refractivity (Wildman–Crippen MR) is 93.7 cm³/mol. The average Bonchev–Trinajstić information content (AvgIpc) is 2.51. The number of fused-ring (bicyclic) bond motifs is 1.